The molecule has 5 nitrogen and oxygen atoms in total. The van der Waals surface area contributed by atoms with Crippen LogP contribution in [0.15, 0.2) is 54.7 Å². The summed E-state index contributed by atoms with van der Waals surface area (Å²) < 4.78 is 6.90. The Morgan fingerprint density at radius 1 is 0.938 bits per heavy atom. The third-order valence-electron chi connectivity index (χ3n) is 6.88. The molecule has 0 spiro atoms. The average Bonchev–Trinajstić information content (AvgIpc) is 3.26. The predicted octanol–water partition coefficient (Wildman–Crippen LogP) is 5.69. The number of aromatic nitrogens is 1. The van der Waals surface area contributed by atoms with Crippen LogP contribution in [0.5, 0.6) is 0 Å². The topological polar surface area (TPSA) is 58.2 Å². The number of aryl methyl sites for hydroxylation is 1. The third kappa shape index (κ3) is 7.22. The maximum absolute atomic E-state index is 6.90. The summed E-state index contributed by atoms with van der Waals surface area (Å²) in [6.07, 6.45) is 9.21. The van der Waals surface area contributed by atoms with E-state index in [0.29, 0.717) is 0 Å². The van der Waals surface area contributed by atoms with Gasteiger partial charge in [0.15, 0.2) is 8.32 Å². The van der Waals surface area contributed by atoms with Gasteiger partial charge in [0.25, 0.3) is 0 Å². The molecule has 1 aromatic heterocycles. The summed E-state index contributed by atoms with van der Waals surface area (Å²) in [5, 5.41) is 3.86. The largest absolute Gasteiger partial charge is 0.411 e. The van der Waals surface area contributed by atoms with Crippen molar-refractivity contribution in [2.24, 2.45) is 0 Å². The highest BCUT2D eigenvalue weighted by molar-refractivity contribution is 6.74. The molecule has 1 aliphatic rings. The van der Waals surface area contributed by atoms with Gasteiger partial charge in [-0.2, -0.15) is 0 Å². The van der Waals surface area contributed by atoms with Crippen LogP contribution in [0.1, 0.15) is 70.3 Å². The van der Waals surface area contributed by atoms with E-state index in [4.69, 9.17) is 4.43 Å². The summed E-state index contributed by atoms with van der Waals surface area (Å²) in [7, 11) is -1.88. The van der Waals surface area contributed by atoms with Crippen LogP contribution in [0.2, 0.25) is 18.1 Å². The number of hydrazine groups is 1. The quantitative estimate of drug-likeness (QED) is 0.301. The standard InChI is InChI=1S/C26H42N4OSi/c1-26(2,3)32(4,5)31-23(19-12-7-6-9-15-21-16-10-8-11-17-21)25-28-24(29-30-25)22-18-13-14-20-27-22/h8,10-11,13-14,16-18,20,23-25,28-30H,6-7,9,12,15,19H2,1-5H3. The lowest BCUT2D eigenvalue weighted by Crippen LogP contribution is -2.52. The van der Waals surface area contributed by atoms with Gasteiger partial charge in [0.05, 0.1) is 18.0 Å². The van der Waals surface area contributed by atoms with Crippen molar-refractivity contribution in [1.82, 2.24) is 21.2 Å². The lowest BCUT2D eigenvalue weighted by atomic mass is 10.0. The SMILES string of the molecule is CC(C)(C)[Si](C)(C)OC(CCCCCCc1ccccc1)C1NNC(c2ccccn2)N1. The van der Waals surface area contributed by atoms with Crippen LogP contribution >= 0.6 is 0 Å². The summed E-state index contributed by atoms with van der Waals surface area (Å²) in [5.74, 6) is 0. The van der Waals surface area contributed by atoms with Gasteiger partial charge in [-0.1, -0.05) is 76.4 Å². The predicted molar refractivity (Wildman–Crippen MR) is 135 cm³/mol. The summed E-state index contributed by atoms with van der Waals surface area (Å²) >= 11 is 0. The summed E-state index contributed by atoms with van der Waals surface area (Å²) in [5.41, 5.74) is 9.25. The Morgan fingerprint density at radius 2 is 1.66 bits per heavy atom. The van der Waals surface area contributed by atoms with Gasteiger partial charge in [0.2, 0.25) is 0 Å². The summed E-state index contributed by atoms with van der Waals surface area (Å²) in [6.45, 7) is 11.6. The minimum Gasteiger partial charge on any atom is -0.411 e. The van der Waals surface area contributed by atoms with Gasteiger partial charge in [-0.05, 0) is 55.1 Å². The van der Waals surface area contributed by atoms with Gasteiger partial charge in [0, 0.05) is 6.20 Å². The van der Waals surface area contributed by atoms with Crippen LogP contribution in [0.4, 0.5) is 0 Å². The molecule has 3 N–H and O–H groups in total. The molecule has 176 valence electrons. The highest BCUT2D eigenvalue weighted by atomic mass is 28.4. The zero-order chi connectivity index (χ0) is 23.0. The maximum Gasteiger partial charge on any atom is 0.192 e. The van der Waals surface area contributed by atoms with E-state index in [-0.39, 0.29) is 23.5 Å². The van der Waals surface area contributed by atoms with E-state index in [0.717, 1.165) is 12.1 Å². The molecule has 6 heteroatoms. The Hall–Kier alpha value is -1.57. The Balaban J connectivity index is 1.53. The molecule has 1 aliphatic heterocycles. The van der Waals surface area contributed by atoms with Crippen molar-refractivity contribution in [1.29, 1.82) is 0 Å². The van der Waals surface area contributed by atoms with Crippen LogP contribution in [0.25, 0.3) is 0 Å². The fourth-order valence-corrected chi connectivity index (χ4v) is 5.23. The second-order valence-electron chi connectivity index (χ2n) is 10.5. The molecule has 0 bridgehead atoms. The molecule has 0 amide bonds. The van der Waals surface area contributed by atoms with Crippen LogP contribution in [0.3, 0.4) is 0 Å². The van der Waals surface area contributed by atoms with Crippen molar-refractivity contribution in [3.8, 4) is 0 Å². The Kier molecular flexibility index (Phi) is 9.02. The number of nitrogens with one attached hydrogen (secondary N) is 3. The molecule has 1 saturated heterocycles. The van der Waals surface area contributed by atoms with Crippen LogP contribution in [-0.4, -0.2) is 25.6 Å². The molecule has 2 aromatic rings. The number of pyridine rings is 1. The van der Waals surface area contributed by atoms with E-state index < -0.39 is 8.32 Å². The first-order chi connectivity index (χ1) is 15.3. The number of benzene rings is 1. The van der Waals surface area contributed by atoms with Crippen LogP contribution < -0.4 is 16.2 Å². The lowest BCUT2D eigenvalue weighted by Gasteiger charge is -2.41. The molecular formula is C26H42N4OSi. The molecule has 3 rings (SSSR count). The molecule has 0 saturated carbocycles. The van der Waals surface area contributed by atoms with E-state index in [2.05, 4.69) is 85.3 Å². The van der Waals surface area contributed by atoms with Gasteiger partial charge >= 0.3 is 0 Å². The third-order valence-corrected chi connectivity index (χ3v) is 11.4. The molecule has 0 aliphatic carbocycles. The fraction of sp³-hybridized carbons (Fsp3) is 0.577. The second-order valence-corrected chi connectivity index (χ2v) is 15.2. The van der Waals surface area contributed by atoms with E-state index in [9.17, 15) is 0 Å². The average molecular weight is 455 g/mol. The highest BCUT2D eigenvalue weighted by Gasteiger charge is 2.42. The normalized spacial score (nSPS) is 20.4. The number of hydrogen-bond acceptors (Lipinski definition) is 5. The number of rotatable bonds is 11. The van der Waals surface area contributed by atoms with E-state index >= 15 is 0 Å². The highest BCUT2D eigenvalue weighted by Crippen LogP contribution is 2.38. The molecule has 32 heavy (non-hydrogen) atoms. The van der Waals surface area contributed by atoms with Crippen molar-refractivity contribution in [3.63, 3.8) is 0 Å². The van der Waals surface area contributed by atoms with Crippen molar-refractivity contribution in [3.05, 3.63) is 66.0 Å². The van der Waals surface area contributed by atoms with E-state index in [1.165, 1.54) is 37.7 Å². The van der Waals surface area contributed by atoms with Crippen LogP contribution in [-0.2, 0) is 10.8 Å². The van der Waals surface area contributed by atoms with Crippen molar-refractivity contribution in [2.75, 3.05) is 0 Å². The second kappa shape index (κ2) is 11.5. The minimum absolute atomic E-state index is 0.00223. The first-order valence-corrected chi connectivity index (χ1v) is 15.1. The van der Waals surface area contributed by atoms with Gasteiger partial charge in [-0.3, -0.25) is 10.3 Å². The number of hydrogen-bond donors (Lipinski definition) is 3. The molecule has 2 heterocycles. The first-order valence-electron chi connectivity index (χ1n) is 12.2. The molecule has 1 aromatic carbocycles. The first kappa shape index (κ1) is 25.1. The van der Waals surface area contributed by atoms with Crippen LogP contribution in [0, 0.1) is 0 Å². The molecule has 3 atom stereocenters. The zero-order valence-electron chi connectivity index (χ0n) is 20.5. The summed E-state index contributed by atoms with van der Waals surface area (Å²) in [4.78, 5) is 4.49. The number of unbranched alkanes of at least 4 members (excludes halogenated alkanes) is 3. The van der Waals surface area contributed by atoms with Crippen molar-refractivity contribution in [2.45, 2.75) is 95.9 Å². The van der Waals surface area contributed by atoms with Gasteiger partial charge in [0.1, 0.15) is 6.17 Å². The smallest absolute Gasteiger partial charge is 0.192 e. The Bertz CT molecular complexity index is 794. The fourth-order valence-electron chi connectivity index (χ4n) is 3.86. The lowest BCUT2D eigenvalue weighted by molar-refractivity contribution is 0.119. The van der Waals surface area contributed by atoms with Gasteiger partial charge < -0.3 is 4.43 Å². The van der Waals surface area contributed by atoms with Crippen molar-refractivity contribution >= 4 is 8.32 Å². The van der Waals surface area contributed by atoms with Gasteiger partial charge in [-0.15, -0.1) is 0 Å². The molecule has 0 radical (unpaired) electrons. The van der Waals surface area contributed by atoms with E-state index in [1.807, 2.05) is 24.4 Å². The molecule has 3 unspecified atom stereocenters. The summed E-state index contributed by atoms with van der Waals surface area (Å²) in [6, 6.07) is 16.8. The molecule has 1 fully saturated rings. The van der Waals surface area contributed by atoms with Gasteiger partial charge in [-0.25, -0.2) is 10.9 Å². The number of nitrogens with zero attached hydrogens (tertiary/aromatic N) is 1. The zero-order valence-corrected chi connectivity index (χ0v) is 21.5. The van der Waals surface area contributed by atoms with E-state index in [1.54, 1.807) is 0 Å². The minimum atomic E-state index is -1.88. The monoisotopic (exact) mass is 454 g/mol. The molecular weight excluding hydrogens is 412 g/mol. The maximum atomic E-state index is 6.90. The Labute approximate surface area is 195 Å². The van der Waals surface area contributed by atoms with Crippen molar-refractivity contribution < 1.29 is 4.43 Å². The Morgan fingerprint density at radius 3 is 2.34 bits per heavy atom.